The van der Waals surface area contributed by atoms with E-state index in [2.05, 4.69) is 13.8 Å². The minimum Gasteiger partial charge on any atom is -0.293 e. The minimum atomic E-state index is -1.00. The van der Waals surface area contributed by atoms with Crippen molar-refractivity contribution in [3.63, 3.8) is 0 Å². The van der Waals surface area contributed by atoms with Gasteiger partial charge in [-0.15, -0.1) is 0 Å². The van der Waals surface area contributed by atoms with Crippen LogP contribution in [0.4, 0.5) is 0 Å². The molecule has 1 aliphatic rings. The van der Waals surface area contributed by atoms with E-state index in [0.29, 0.717) is 23.2 Å². The molecule has 1 unspecified atom stereocenters. The Balaban J connectivity index is 1.88. The fourth-order valence-electron chi connectivity index (χ4n) is 2.78. The molecule has 20 heavy (non-hydrogen) atoms. The van der Waals surface area contributed by atoms with E-state index in [-0.39, 0.29) is 11.5 Å². The summed E-state index contributed by atoms with van der Waals surface area (Å²) in [6.45, 7) is 4.26. The van der Waals surface area contributed by atoms with Gasteiger partial charge in [0.2, 0.25) is 0 Å². The van der Waals surface area contributed by atoms with Gasteiger partial charge in [-0.3, -0.25) is 9.00 Å². The Morgan fingerprint density at radius 3 is 2.35 bits per heavy atom. The number of hydrogen-bond acceptors (Lipinski definition) is 2. The maximum Gasteiger partial charge on any atom is 0.175 e. The van der Waals surface area contributed by atoms with Crippen molar-refractivity contribution < 1.29 is 9.00 Å². The first kappa shape index (κ1) is 15.4. The molecule has 1 aliphatic carbocycles. The van der Waals surface area contributed by atoms with Gasteiger partial charge >= 0.3 is 0 Å². The molecule has 1 fully saturated rings. The van der Waals surface area contributed by atoms with E-state index in [1.54, 1.807) is 0 Å². The molecule has 0 N–H and O–H groups in total. The average molecular weight is 292 g/mol. The predicted octanol–water partition coefficient (Wildman–Crippen LogP) is 3.93. The van der Waals surface area contributed by atoms with Crippen LogP contribution < -0.4 is 0 Å². The third-order valence-electron chi connectivity index (χ3n) is 4.09. The zero-order valence-corrected chi connectivity index (χ0v) is 13.2. The lowest BCUT2D eigenvalue weighted by Crippen LogP contribution is -2.17. The summed E-state index contributed by atoms with van der Waals surface area (Å²) in [6.07, 6.45) is 4.88. The first-order chi connectivity index (χ1) is 9.56. The zero-order valence-electron chi connectivity index (χ0n) is 12.4. The van der Waals surface area contributed by atoms with Crippen LogP contribution in [-0.2, 0) is 10.8 Å². The molecular weight excluding hydrogens is 268 g/mol. The highest BCUT2D eigenvalue weighted by atomic mass is 32.2. The van der Waals surface area contributed by atoms with E-state index >= 15 is 0 Å². The van der Waals surface area contributed by atoms with Crippen molar-refractivity contribution in [3.8, 4) is 0 Å². The van der Waals surface area contributed by atoms with Gasteiger partial charge in [0.15, 0.2) is 5.78 Å². The lowest BCUT2D eigenvalue weighted by molar-refractivity contribution is 0.102. The number of carbonyl (C=O) groups excluding carboxylic acids is 1. The van der Waals surface area contributed by atoms with Crippen LogP contribution in [0.3, 0.4) is 0 Å². The SMILES string of the molecule is CC(C)c1ccc(C(=O)CS(=O)CC2CCCC2)cc1. The van der Waals surface area contributed by atoms with Crippen molar-refractivity contribution in [2.24, 2.45) is 5.92 Å². The van der Waals surface area contributed by atoms with E-state index in [0.717, 1.165) is 0 Å². The normalized spacial score (nSPS) is 17.6. The summed E-state index contributed by atoms with van der Waals surface area (Å²) in [5, 5.41) is 0. The number of carbonyl (C=O) groups is 1. The molecule has 0 radical (unpaired) electrons. The summed E-state index contributed by atoms with van der Waals surface area (Å²) >= 11 is 0. The van der Waals surface area contributed by atoms with Crippen molar-refractivity contribution >= 4 is 16.6 Å². The number of ketones is 1. The molecule has 0 aromatic heterocycles. The number of hydrogen-bond donors (Lipinski definition) is 0. The van der Waals surface area contributed by atoms with E-state index < -0.39 is 10.8 Å². The third-order valence-corrected chi connectivity index (χ3v) is 5.52. The van der Waals surface area contributed by atoms with E-state index in [9.17, 15) is 9.00 Å². The Bertz CT molecular complexity index is 470. The van der Waals surface area contributed by atoms with E-state index in [4.69, 9.17) is 0 Å². The standard InChI is InChI=1S/C17H24O2S/c1-13(2)15-7-9-16(10-8-15)17(18)12-20(19)11-14-5-3-4-6-14/h7-10,13-14H,3-6,11-12H2,1-2H3. The third kappa shape index (κ3) is 4.27. The molecule has 1 atom stereocenters. The average Bonchev–Trinajstić information content (AvgIpc) is 2.91. The lowest BCUT2D eigenvalue weighted by Gasteiger charge is -2.09. The summed E-state index contributed by atoms with van der Waals surface area (Å²) in [4.78, 5) is 12.1. The molecule has 0 amide bonds. The van der Waals surface area contributed by atoms with E-state index in [1.165, 1.54) is 31.2 Å². The molecule has 1 saturated carbocycles. The molecule has 0 aliphatic heterocycles. The van der Waals surface area contributed by atoms with Gasteiger partial charge in [-0.2, -0.15) is 0 Å². The first-order valence-electron chi connectivity index (χ1n) is 7.54. The Morgan fingerprint density at radius 1 is 1.20 bits per heavy atom. The van der Waals surface area contributed by atoms with Gasteiger partial charge in [0.05, 0.1) is 5.75 Å². The van der Waals surface area contributed by atoms with Crippen molar-refractivity contribution in [1.29, 1.82) is 0 Å². The van der Waals surface area contributed by atoms with Crippen LogP contribution in [0.1, 0.15) is 61.4 Å². The number of Topliss-reactive ketones (excluding diaryl/α,β-unsaturated/α-hetero) is 1. The highest BCUT2D eigenvalue weighted by Gasteiger charge is 2.19. The highest BCUT2D eigenvalue weighted by molar-refractivity contribution is 7.85. The maximum atomic E-state index is 12.1. The predicted molar refractivity (Wildman–Crippen MR) is 84.7 cm³/mol. The number of benzene rings is 1. The first-order valence-corrected chi connectivity index (χ1v) is 9.03. The second kappa shape index (κ2) is 7.16. The molecule has 0 bridgehead atoms. The maximum absolute atomic E-state index is 12.1. The Hall–Kier alpha value is -0.960. The molecule has 3 heteroatoms. The second-order valence-electron chi connectivity index (χ2n) is 6.10. The molecule has 2 rings (SSSR count). The van der Waals surface area contributed by atoms with Gasteiger partial charge in [-0.05, 0) is 30.2 Å². The van der Waals surface area contributed by atoms with Gasteiger partial charge in [0.1, 0.15) is 0 Å². The van der Waals surface area contributed by atoms with Crippen molar-refractivity contribution in [2.75, 3.05) is 11.5 Å². The van der Waals surface area contributed by atoms with E-state index in [1.807, 2.05) is 24.3 Å². The van der Waals surface area contributed by atoms with Crippen molar-refractivity contribution in [3.05, 3.63) is 35.4 Å². The number of rotatable bonds is 6. The Morgan fingerprint density at radius 2 is 1.80 bits per heavy atom. The van der Waals surface area contributed by atoms with Crippen LogP contribution in [0.15, 0.2) is 24.3 Å². The molecular formula is C17H24O2S. The van der Waals surface area contributed by atoms with Gasteiger partial charge in [-0.25, -0.2) is 0 Å². The van der Waals surface area contributed by atoms with Gasteiger partial charge in [0, 0.05) is 22.1 Å². The fourth-order valence-corrected chi connectivity index (χ4v) is 4.22. The van der Waals surface area contributed by atoms with Crippen LogP contribution >= 0.6 is 0 Å². The lowest BCUT2D eigenvalue weighted by atomic mass is 10.0. The molecule has 1 aromatic carbocycles. The molecule has 0 saturated heterocycles. The molecule has 2 nitrogen and oxygen atoms in total. The topological polar surface area (TPSA) is 34.1 Å². The Labute approximate surface area is 124 Å². The second-order valence-corrected chi connectivity index (χ2v) is 7.60. The molecule has 110 valence electrons. The van der Waals surface area contributed by atoms with Crippen LogP contribution in [-0.4, -0.2) is 21.5 Å². The largest absolute Gasteiger partial charge is 0.293 e. The van der Waals surface area contributed by atoms with Gasteiger partial charge in [0.25, 0.3) is 0 Å². The Kier molecular flexibility index (Phi) is 5.53. The summed E-state index contributed by atoms with van der Waals surface area (Å²) in [6, 6.07) is 7.73. The summed E-state index contributed by atoms with van der Waals surface area (Å²) in [7, 11) is -1.00. The monoisotopic (exact) mass is 292 g/mol. The molecule has 0 spiro atoms. The fraction of sp³-hybridized carbons (Fsp3) is 0.588. The van der Waals surface area contributed by atoms with Crippen molar-refractivity contribution in [1.82, 2.24) is 0 Å². The smallest absolute Gasteiger partial charge is 0.175 e. The molecule has 1 aromatic rings. The van der Waals surface area contributed by atoms with Gasteiger partial charge < -0.3 is 0 Å². The van der Waals surface area contributed by atoms with Crippen LogP contribution in [0, 0.1) is 5.92 Å². The summed E-state index contributed by atoms with van der Waals surface area (Å²) in [5.74, 6) is 1.94. The van der Waals surface area contributed by atoms with Crippen molar-refractivity contribution in [2.45, 2.75) is 45.4 Å². The summed E-state index contributed by atoms with van der Waals surface area (Å²) in [5.41, 5.74) is 1.92. The van der Waals surface area contributed by atoms with Crippen LogP contribution in [0.25, 0.3) is 0 Å². The quantitative estimate of drug-likeness (QED) is 0.744. The zero-order chi connectivity index (χ0) is 14.5. The minimum absolute atomic E-state index is 0.0108. The van der Waals surface area contributed by atoms with Crippen LogP contribution in [0.2, 0.25) is 0 Å². The highest BCUT2D eigenvalue weighted by Crippen LogP contribution is 2.25. The summed E-state index contributed by atoms with van der Waals surface area (Å²) < 4.78 is 12.0. The van der Waals surface area contributed by atoms with Crippen LogP contribution in [0.5, 0.6) is 0 Å². The van der Waals surface area contributed by atoms with Gasteiger partial charge in [-0.1, -0.05) is 51.0 Å². The molecule has 0 heterocycles.